The second-order valence-corrected chi connectivity index (χ2v) is 5.36. The van der Waals surface area contributed by atoms with Gasteiger partial charge in [-0.05, 0) is 36.4 Å². The minimum atomic E-state index is -0.314. The quantitative estimate of drug-likeness (QED) is 0.802. The molecule has 0 fully saturated rings. The number of carbonyl (C=O) groups excluding carboxylic acids is 1. The summed E-state index contributed by atoms with van der Waals surface area (Å²) in [6, 6.07) is 17.1. The van der Waals surface area contributed by atoms with Crippen molar-refractivity contribution in [3.8, 4) is 0 Å². The van der Waals surface area contributed by atoms with Crippen LogP contribution in [0.4, 0.5) is 5.69 Å². The number of anilines is 1. The lowest BCUT2D eigenvalue weighted by Crippen LogP contribution is -2.31. The maximum absolute atomic E-state index is 12.7. The molecule has 0 radical (unpaired) electrons. The largest absolute Gasteiger partial charge is 0.467 e. The molecule has 5 heteroatoms. The van der Waals surface area contributed by atoms with Crippen molar-refractivity contribution in [2.45, 2.75) is 12.7 Å². The van der Waals surface area contributed by atoms with Gasteiger partial charge in [-0.15, -0.1) is 0 Å². The monoisotopic (exact) mass is 305 g/mol. The van der Waals surface area contributed by atoms with Crippen LogP contribution >= 0.6 is 0 Å². The number of furan rings is 1. The van der Waals surface area contributed by atoms with E-state index in [1.165, 1.54) is 0 Å². The highest BCUT2D eigenvalue weighted by Gasteiger charge is 2.38. The van der Waals surface area contributed by atoms with Gasteiger partial charge in [0.15, 0.2) is 0 Å². The van der Waals surface area contributed by atoms with Crippen LogP contribution in [0.3, 0.4) is 0 Å². The number of hydrogen-bond donors (Lipinski definition) is 1. The maximum atomic E-state index is 12.7. The summed E-state index contributed by atoms with van der Waals surface area (Å²) in [6.07, 6.45) is 3.01. The molecule has 2 aromatic heterocycles. The van der Waals surface area contributed by atoms with Crippen LogP contribution in [0.15, 0.2) is 71.5 Å². The molecule has 3 heterocycles. The number of para-hydroxylation sites is 1. The number of amides is 1. The second-order valence-electron chi connectivity index (χ2n) is 5.36. The van der Waals surface area contributed by atoms with Gasteiger partial charge in [-0.1, -0.05) is 18.2 Å². The topological polar surface area (TPSA) is 58.4 Å². The van der Waals surface area contributed by atoms with Crippen molar-refractivity contribution in [3.63, 3.8) is 0 Å². The Balaban J connectivity index is 1.70. The number of benzene rings is 1. The number of aromatic nitrogens is 1. The summed E-state index contributed by atoms with van der Waals surface area (Å²) in [5.74, 6) is 0.698. The Morgan fingerprint density at radius 2 is 1.96 bits per heavy atom. The molecule has 0 spiro atoms. The predicted octanol–water partition coefficient (Wildman–Crippen LogP) is 3.44. The number of nitrogens with one attached hydrogen (secondary N) is 1. The Morgan fingerprint density at radius 1 is 1.09 bits per heavy atom. The Bertz CT molecular complexity index is 815. The molecule has 1 N–H and O–H groups in total. The Hall–Kier alpha value is -3.08. The van der Waals surface area contributed by atoms with Crippen molar-refractivity contribution in [1.29, 1.82) is 0 Å². The van der Waals surface area contributed by atoms with Gasteiger partial charge in [0.2, 0.25) is 0 Å². The summed E-state index contributed by atoms with van der Waals surface area (Å²) >= 11 is 0. The van der Waals surface area contributed by atoms with Gasteiger partial charge < -0.3 is 14.6 Å². The molecule has 0 aliphatic carbocycles. The highest BCUT2D eigenvalue weighted by molar-refractivity contribution is 5.98. The van der Waals surface area contributed by atoms with E-state index < -0.39 is 0 Å². The van der Waals surface area contributed by atoms with Crippen LogP contribution in [0, 0.1) is 0 Å². The lowest BCUT2D eigenvalue weighted by molar-refractivity contribution is 0.0714. The fourth-order valence-corrected chi connectivity index (χ4v) is 2.81. The Labute approximate surface area is 133 Å². The summed E-state index contributed by atoms with van der Waals surface area (Å²) in [7, 11) is 0. The zero-order valence-corrected chi connectivity index (χ0v) is 12.3. The Morgan fingerprint density at radius 3 is 2.74 bits per heavy atom. The van der Waals surface area contributed by atoms with Crippen molar-refractivity contribution in [2.24, 2.45) is 0 Å². The second kappa shape index (κ2) is 5.61. The molecule has 23 heavy (non-hydrogen) atoms. The zero-order valence-electron chi connectivity index (χ0n) is 12.3. The van der Waals surface area contributed by atoms with E-state index >= 15 is 0 Å². The van der Waals surface area contributed by atoms with Crippen LogP contribution in [0.5, 0.6) is 0 Å². The third-order valence-corrected chi connectivity index (χ3v) is 3.88. The molecule has 1 aliphatic rings. The zero-order chi connectivity index (χ0) is 15.6. The average molecular weight is 305 g/mol. The van der Waals surface area contributed by atoms with Crippen LogP contribution in [-0.2, 0) is 6.54 Å². The van der Waals surface area contributed by atoms with Gasteiger partial charge >= 0.3 is 0 Å². The molecule has 0 saturated heterocycles. The summed E-state index contributed by atoms with van der Waals surface area (Å²) in [5, 5.41) is 3.39. The van der Waals surface area contributed by atoms with Gasteiger partial charge in [0.25, 0.3) is 5.91 Å². The normalized spacial score (nSPS) is 16.4. The van der Waals surface area contributed by atoms with E-state index in [2.05, 4.69) is 10.3 Å². The predicted molar refractivity (Wildman–Crippen MR) is 85.6 cm³/mol. The number of hydrogen-bond acceptors (Lipinski definition) is 4. The van der Waals surface area contributed by atoms with Gasteiger partial charge in [0.1, 0.15) is 11.9 Å². The summed E-state index contributed by atoms with van der Waals surface area (Å²) in [6.45, 7) is 0.396. The van der Waals surface area contributed by atoms with E-state index in [0.29, 0.717) is 12.1 Å². The van der Waals surface area contributed by atoms with E-state index in [1.54, 1.807) is 23.4 Å². The lowest BCUT2D eigenvalue weighted by atomic mass is 10.2. The molecule has 1 atom stereocenters. The third-order valence-electron chi connectivity index (χ3n) is 3.88. The first kappa shape index (κ1) is 13.6. The van der Waals surface area contributed by atoms with E-state index in [-0.39, 0.29) is 12.1 Å². The van der Waals surface area contributed by atoms with E-state index in [4.69, 9.17) is 4.42 Å². The van der Waals surface area contributed by atoms with Crippen LogP contribution in [0.25, 0.3) is 0 Å². The highest BCUT2D eigenvalue weighted by atomic mass is 16.3. The molecule has 3 aromatic rings. The van der Waals surface area contributed by atoms with Gasteiger partial charge in [-0.3, -0.25) is 9.78 Å². The first-order valence-corrected chi connectivity index (χ1v) is 7.43. The summed E-state index contributed by atoms with van der Waals surface area (Å²) < 4.78 is 5.40. The minimum Gasteiger partial charge on any atom is -0.467 e. The molecule has 1 aliphatic heterocycles. The van der Waals surface area contributed by atoms with Crippen molar-refractivity contribution in [3.05, 3.63) is 84.1 Å². The first-order valence-electron chi connectivity index (χ1n) is 7.43. The number of nitrogens with zero attached hydrogens (tertiary/aromatic N) is 2. The van der Waals surface area contributed by atoms with Crippen molar-refractivity contribution < 1.29 is 9.21 Å². The molecule has 5 nitrogen and oxygen atoms in total. The van der Waals surface area contributed by atoms with Gasteiger partial charge in [-0.2, -0.15) is 0 Å². The van der Waals surface area contributed by atoms with Crippen molar-refractivity contribution in [1.82, 2.24) is 9.88 Å². The molecule has 0 saturated carbocycles. The highest BCUT2D eigenvalue weighted by Crippen LogP contribution is 2.34. The van der Waals surface area contributed by atoms with Crippen molar-refractivity contribution >= 4 is 11.6 Å². The van der Waals surface area contributed by atoms with E-state index in [1.807, 2.05) is 48.5 Å². The minimum absolute atomic E-state index is 0.0436. The molecule has 1 aromatic carbocycles. The van der Waals surface area contributed by atoms with Gasteiger partial charge in [-0.25, -0.2) is 0 Å². The van der Waals surface area contributed by atoms with Gasteiger partial charge in [0, 0.05) is 11.9 Å². The molecular weight excluding hydrogens is 290 g/mol. The number of fused-ring (bicyclic) bond motifs is 1. The fraction of sp³-hybridized carbons (Fsp3) is 0.111. The van der Waals surface area contributed by atoms with Crippen LogP contribution < -0.4 is 5.32 Å². The van der Waals surface area contributed by atoms with Crippen LogP contribution in [-0.4, -0.2) is 15.8 Å². The molecular formula is C18H15N3O2. The van der Waals surface area contributed by atoms with Crippen LogP contribution in [0.1, 0.15) is 28.0 Å². The van der Waals surface area contributed by atoms with Crippen LogP contribution in [0.2, 0.25) is 0 Å². The number of rotatable bonds is 4. The molecule has 4 rings (SSSR count). The fourth-order valence-electron chi connectivity index (χ4n) is 2.81. The molecule has 114 valence electrons. The van der Waals surface area contributed by atoms with E-state index in [0.717, 1.165) is 17.1 Å². The van der Waals surface area contributed by atoms with Crippen molar-refractivity contribution in [2.75, 3.05) is 5.32 Å². The molecule has 1 amide bonds. The molecule has 0 bridgehead atoms. The summed E-state index contributed by atoms with van der Waals surface area (Å²) in [5.41, 5.74) is 2.31. The molecule has 0 unspecified atom stereocenters. The lowest BCUT2D eigenvalue weighted by Gasteiger charge is -2.25. The maximum Gasteiger partial charge on any atom is 0.258 e. The smallest absolute Gasteiger partial charge is 0.258 e. The SMILES string of the molecule is O=C1c2cccnc2[C@@H](Nc2ccccc2)N1Cc1ccco1. The first-order chi connectivity index (χ1) is 11.3. The average Bonchev–Trinajstić information content (AvgIpc) is 3.19. The standard InChI is InChI=1S/C18H15N3O2/c22-18-15-9-4-10-19-16(15)17(20-13-6-2-1-3-7-13)21(18)12-14-8-5-11-23-14/h1-11,17,20H,12H2/t17-/m0/s1. The third kappa shape index (κ3) is 2.46. The van der Waals surface area contributed by atoms with E-state index in [9.17, 15) is 4.79 Å². The summed E-state index contributed by atoms with van der Waals surface area (Å²) in [4.78, 5) is 18.9. The van der Waals surface area contributed by atoms with Gasteiger partial charge in [0.05, 0.1) is 24.1 Å². The number of carbonyl (C=O) groups is 1. The Kier molecular flexibility index (Phi) is 3.31. The number of pyridine rings is 1.